The van der Waals surface area contributed by atoms with E-state index in [0.29, 0.717) is 4.90 Å². The van der Waals surface area contributed by atoms with Gasteiger partial charge in [-0.05, 0) is 48.6 Å². The van der Waals surface area contributed by atoms with Gasteiger partial charge in [0.05, 0.1) is 4.90 Å². The Morgan fingerprint density at radius 1 is 0.864 bits per heavy atom. The van der Waals surface area contributed by atoms with Crippen molar-refractivity contribution in [2.75, 3.05) is 0 Å². The normalized spacial score (nSPS) is 12.4. The molecule has 2 aromatic carbocycles. The Morgan fingerprint density at radius 2 is 1.41 bits per heavy atom. The Bertz CT molecular complexity index is 768. The van der Waals surface area contributed by atoms with E-state index in [1.54, 1.807) is 12.1 Å². The van der Waals surface area contributed by atoms with Crippen LogP contribution in [0.4, 0.5) is 0 Å². The third-order valence-electron chi connectivity index (χ3n) is 3.45. The Labute approximate surface area is 137 Å². The lowest BCUT2D eigenvalue weighted by Crippen LogP contribution is -2.13. The molecule has 0 aliphatic carbocycles. The summed E-state index contributed by atoms with van der Waals surface area (Å²) in [6.07, 6.45) is 0. The van der Waals surface area contributed by atoms with Crippen molar-refractivity contribution < 1.29 is 8.42 Å². The molecule has 2 aromatic rings. The van der Waals surface area contributed by atoms with Crippen LogP contribution in [-0.2, 0) is 14.3 Å². The first-order valence-corrected chi connectivity index (χ1v) is 10.0. The molecule has 4 heteroatoms. The fraction of sp³-hybridized carbons (Fsp3) is 0.333. The molecule has 0 N–H and O–H groups in total. The third kappa shape index (κ3) is 3.93. The fourth-order valence-corrected chi connectivity index (χ4v) is 5.43. The lowest BCUT2D eigenvalue weighted by molar-refractivity contribution is 0.578. The van der Waals surface area contributed by atoms with Gasteiger partial charge in [-0.25, -0.2) is 8.42 Å². The molecule has 0 fully saturated rings. The van der Waals surface area contributed by atoms with Gasteiger partial charge in [-0.15, -0.1) is 0 Å². The third-order valence-corrected chi connectivity index (χ3v) is 6.81. The van der Waals surface area contributed by atoms with Gasteiger partial charge in [0.15, 0.2) is 0 Å². The van der Waals surface area contributed by atoms with E-state index in [-0.39, 0.29) is 5.41 Å². The fourth-order valence-electron chi connectivity index (χ4n) is 2.19. The minimum atomic E-state index is -3.41. The van der Waals surface area contributed by atoms with Crippen LogP contribution in [0.15, 0.2) is 52.3 Å². The molecule has 0 radical (unpaired) electrons. The zero-order valence-corrected chi connectivity index (χ0v) is 15.3. The van der Waals surface area contributed by atoms with E-state index in [0.717, 1.165) is 32.4 Å². The van der Waals surface area contributed by atoms with E-state index < -0.39 is 8.87 Å². The van der Waals surface area contributed by atoms with E-state index >= 15 is 0 Å². The topological polar surface area (TPSA) is 34.1 Å². The molecule has 118 valence electrons. The lowest BCUT2D eigenvalue weighted by atomic mass is 9.86. The Hall–Kier alpha value is -1.26. The van der Waals surface area contributed by atoms with Crippen molar-refractivity contribution in [1.29, 1.82) is 0 Å². The average molecular weight is 335 g/mol. The predicted molar refractivity (Wildman–Crippen MR) is 94.1 cm³/mol. The van der Waals surface area contributed by atoms with Crippen LogP contribution < -0.4 is 0 Å². The Morgan fingerprint density at radius 3 is 1.95 bits per heavy atom. The van der Waals surface area contributed by atoms with Crippen molar-refractivity contribution in [3.8, 4) is 0 Å². The summed E-state index contributed by atoms with van der Waals surface area (Å²) in [5, 5.41) is 0. The second kappa shape index (κ2) is 6.09. The molecule has 0 amide bonds. The first kappa shape index (κ1) is 17.1. The summed E-state index contributed by atoms with van der Waals surface area (Å²) in [4.78, 5) is 1.16. The maximum Gasteiger partial charge on any atom is 0.234 e. The second-order valence-electron chi connectivity index (χ2n) is 6.60. The molecule has 0 spiro atoms. The van der Waals surface area contributed by atoms with Crippen molar-refractivity contribution in [2.24, 2.45) is 0 Å². The van der Waals surface area contributed by atoms with Crippen molar-refractivity contribution in [1.82, 2.24) is 0 Å². The van der Waals surface area contributed by atoms with E-state index in [1.807, 2.05) is 44.2 Å². The minimum Gasteiger partial charge on any atom is -0.212 e. The largest absolute Gasteiger partial charge is 0.234 e. The molecule has 2 nitrogen and oxygen atoms in total. The zero-order valence-electron chi connectivity index (χ0n) is 13.7. The summed E-state index contributed by atoms with van der Waals surface area (Å²) in [6.45, 7) is 10.2. The molecule has 0 aliphatic heterocycles. The summed E-state index contributed by atoms with van der Waals surface area (Å²) in [5.41, 5.74) is 3.07. The van der Waals surface area contributed by atoms with Gasteiger partial charge >= 0.3 is 0 Å². The van der Waals surface area contributed by atoms with Gasteiger partial charge in [0.1, 0.15) is 0 Å². The molecule has 0 atom stereocenters. The van der Waals surface area contributed by atoms with Gasteiger partial charge in [0, 0.05) is 15.7 Å². The molecular formula is C18H22O2S2. The van der Waals surface area contributed by atoms with E-state index in [1.165, 1.54) is 0 Å². The number of hydrogen-bond donors (Lipinski definition) is 0. The quantitative estimate of drug-likeness (QED) is 0.734. The van der Waals surface area contributed by atoms with Gasteiger partial charge in [0.25, 0.3) is 0 Å². The molecule has 0 bridgehead atoms. The van der Waals surface area contributed by atoms with Crippen LogP contribution >= 0.6 is 10.8 Å². The molecule has 0 unspecified atom stereocenters. The molecule has 0 saturated heterocycles. The average Bonchev–Trinajstić information content (AvgIpc) is 2.37. The summed E-state index contributed by atoms with van der Waals surface area (Å²) in [5.74, 6) is 0. The Balaban J connectivity index is 2.46. The maximum absolute atomic E-state index is 12.7. The zero-order chi connectivity index (χ0) is 16.5. The highest BCUT2D eigenvalue weighted by molar-refractivity contribution is 8.72. The molecule has 0 heterocycles. The van der Waals surface area contributed by atoms with Crippen molar-refractivity contribution >= 4 is 19.7 Å². The van der Waals surface area contributed by atoms with Crippen LogP contribution in [0.2, 0.25) is 0 Å². The number of hydrogen-bond acceptors (Lipinski definition) is 3. The number of rotatable bonds is 3. The minimum absolute atomic E-state index is 0.0984. The van der Waals surface area contributed by atoms with Crippen molar-refractivity contribution in [2.45, 2.75) is 49.8 Å². The van der Waals surface area contributed by atoms with E-state index in [9.17, 15) is 8.42 Å². The van der Waals surface area contributed by atoms with E-state index in [2.05, 4.69) is 20.8 Å². The Kier molecular flexibility index (Phi) is 4.73. The summed E-state index contributed by atoms with van der Waals surface area (Å²) >= 11 is 0. The SMILES string of the molecule is Cc1ccc(S(=O)(=O)Sc2cc(C)ccc2C(C)(C)C)cc1. The highest BCUT2D eigenvalue weighted by atomic mass is 33.1. The van der Waals surface area contributed by atoms with Crippen LogP contribution in [0.1, 0.15) is 37.5 Å². The first-order valence-electron chi connectivity index (χ1n) is 7.22. The molecule has 0 saturated carbocycles. The lowest BCUT2D eigenvalue weighted by Gasteiger charge is -2.22. The first-order chi connectivity index (χ1) is 10.1. The summed E-state index contributed by atoms with van der Waals surface area (Å²) in [7, 11) is -2.47. The predicted octanol–water partition coefficient (Wildman–Crippen LogP) is 5.08. The van der Waals surface area contributed by atoms with Crippen LogP contribution in [0.3, 0.4) is 0 Å². The molecule has 0 aromatic heterocycles. The van der Waals surface area contributed by atoms with E-state index in [4.69, 9.17) is 0 Å². The maximum atomic E-state index is 12.7. The monoisotopic (exact) mass is 334 g/mol. The van der Waals surface area contributed by atoms with Crippen molar-refractivity contribution in [3.63, 3.8) is 0 Å². The van der Waals surface area contributed by atoms with Crippen molar-refractivity contribution in [3.05, 3.63) is 59.2 Å². The number of benzene rings is 2. The summed E-state index contributed by atoms with van der Waals surface area (Å²) in [6, 6.07) is 13.0. The van der Waals surface area contributed by atoms with Gasteiger partial charge < -0.3 is 0 Å². The van der Waals surface area contributed by atoms with Gasteiger partial charge in [0.2, 0.25) is 8.87 Å². The molecule has 0 aliphatic rings. The van der Waals surface area contributed by atoms with Gasteiger partial charge in [-0.3, -0.25) is 0 Å². The highest BCUT2D eigenvalue weighted by Crippen LogP contribution is 2.38. The molecular weight excluding hydrogens is 312 g/mol. The smallest absolute Gasteiger partial charge is 0.212 e. The van der Waals surface area contributed by atoms with Crippen LogP contribution in [0, 0.1) is 13.8 Å². The molecule has 2 rings (SSSR count). The highest BCUT2D eigenvalue weighted by Gasteiger charge is 2.23. The van der Waals surface area contributed by atoms with Gasteiger partial charge in [-0.2, -0.15) is 0 Å². The standard InChI is InChI=1S/C18H22O2S2/c1-13-6-9-15(10-7-13)22(19,20)21-17-12-14(2)8-11-16(17)18(3,4)5/h6-12H,1-5H3. The number of aryl methyl sites for hydroxylation is 2. The van der Waals surface area contributed by atoms with Gasteiger partial charge in [-0.1, -0.05) is 50.6 Å². The second-order valence-corrected chi connectivity index (χ2v) is 10.4. The van der Waals surface area contributed by atoms with Crippen LogP contribution in [0.25, 0.3) is 0 Å². The summed E-state index contributed by atoms with van der Waals surface area (Å²) < 4.78 is 25.3. The van der Waals surface area contributed by atoms with Crippen LogP contribution in [0.5, 0.6) is 0 Å². The molecule has 22 heavy (non-hydrogen) atoms. The van der Waals surface area contributed by atoms with Crippen LogP contribution in [-0.4, -0.2) is 8.42 Å².